The van der Waals surface area contributed by atoms with Gasteiger partial charge in [0.05, 0.1) is 6.10 Å². The summed E-state index contributed by atoms with van der Waals surface area (Å²) in [4.78, 5) is 35.7. The van der Waals surface area contributed by atoms with Crippen LogP contribution in [0.15, 0.2) is 23.8 Å². The number of halogens is 2. The van der Waals surface area contributed by atoms with Gasteiger partial charge in [0.25, 0.3) is 0 Å². The van der Waals surface area contributed by atoms with Crippen molar-refractivity contribution < 1.29 is 33.4 Å². The molecule has 3 fully saturated rings. The summed E-state index contributed by atoms with van der Waals surface area (Å²) in [5.41, 5.74) is -4.55. The predicted octanol–water partition coefficient (Wildman–Crippen LogP) is 2.82. The molecule has 0 amide bonds. The van der Waals surface area contributed by atoms with Crippen molar-refractivity contribution >= 4 is 17.5 Å². The summed E-state index contributed by atoms with van der Waals surface area (Å²) >= 11 is 0. The molecule has 0 aliphatic heterocycles. The molecule has 4 aliphatic carbocycles. The molecule has 3 unspecified atom stereocenters. The lowest BCUT2D eigenvalue weighted by Crippen LogP contribution is -2.68. The van der Waals surface area contributed by atoms with Crippen LogP contribution in [0, 0.1) is 34.5 Å². The number of aliphatic hydroxyl groups is 1. The zero-order valence-corrected chi connectivity index (χ0v) is 16.7. The average Bonchev–Trinajstić information content (AvgIpc) is 2.89. The molecule has 158 valence electrons. The molecule has 0 radical (unpaired) electrons. The molecule has 7 heteroatoms. The maximum Gasteiger partial charge on any atom is 0.372 e. The highest BCUT2D eigenvalue weighted by Gasteiger charge is 2.73. The standard InChI is InChI=1S/C22H26F2O5/c1-10-6-12-13-8-15(23)14-7-11(25)4-5-21(14,3)22(13,24)16(26)9-20(12,2)17(10)18(27)19(28)29/h4-5,7,10,12-13,15-17,26H,6,8-9H2,1-3H3,(H,28,29)/t10?,12-,13-,15?,16?,17+,20-,21-,22-/m0/s1. The summed E-state index contributed by atoms with van der Waals surface area (Å²) in [6.45, 7) is 5.02. The highest BCUT2D eigenvalue weighted by atomic mass is 19.1. The number of allylic oxidation sites excluding steroid dienone is 4. The van der Waals surface area contributed by atoms with Crippen LogP contribution in [-0.4, -0.2) is 45.7 Å². The van der Waals surface area contributed by atoms with E-state index in [-0.39, 0.29) is 24.3 Å². The van der Waals surface area contributed by atoms with Gasteiger partial charge in [0.1, 0.15) is 6.17 Å². The van der Waals surface area contributed by atoms with E-state index in [1.54, 1.807) is 13.8 Å². The quantitative estimate of drug-likeness (QED) is 0.686. The van der Waals surface area contributed by atoms with Gasteiger partial charge < -0.3 is 10.2 Å². The fourth-order valence-electron chi connectivity index (χ4n) is 7.26. The van der Waals surface area contributed by atoms with Crippen LogP contribution >= 0.6 is 0 Å². The average molecular weight is 408 g/mol. The number of Topliss-reactive ketones (excluding diaryl/α,β-unsaturated/α-hetero) is 1. The molecule has 0 saturated heterocycles. The fraction of sp³-hybridized carbons (Fsp3) is 0.682. The Hall–Kier alpha value is -1.89. The van der Waals surface area contributed by atoms with Crippen molar-refractivity contribution in [1.29, 1.82) is 0 Å². The van der Waals surface area contributed by atoms with Gasteiger partial charge in [0.2, 0.25) is 5.78 Å². The minimum absolute atomic E-state index is 0.0515. The van der Waals surface area contributed by atoms with Crippen molar-refractivity contribution in [2.45, 2.75) is 58.0 Å². The van der Waals surface area contributed by atoms with Gasteiger partial charge in [-0.1, -0.05) is 19.9 Å². The maximum absolute atomic E-state index is 16.8. The van der Waals surface area contributed by atoms with Gasteiger partial charge in [-0.2, -0.15) is 0 Å². The van der Waals surface area contributed by atoms with Crippen LogP contribution < -0.4 is 0 Å². The van der Waals surface area contributed by atoms with E-state index < -0.39 is 64.1 Å². The highest BCUT2D eigenvalue weighted by Crippen LogP contribution is 2.70. The molecule has 0 aromatic rings. The lowest BCUT2D eigenvalue weighted by molar-refractivity contribution is -0.202. The van der Waals surface area contributed by atoms with Crippen LogP contribution in [0.1, 0.15) is 40.0 Å². The molecule has 0 heterocycles. The normalized spacial score (nSPS) is 51.0. The zero-order chi connectivity index (χ0) is 21.5. The number of hydrogen-bond acceptors (Lipinski definition) is 4. The van der Waals surface area contributed by atoms with Crippen molar-refractivity contribution in [3.05, 3.63) is 23.8 Å². The van der Waals surface area contributed by atoms with Gasteiger partial charge in [0, 0.05) is 17.3 Å². The molecule has 29 heavy (non-hydrogen) atoms. The van der Waals surface area contributed by atoms with E-state index in [2.05, 4.69) is 0 Å². The molecular weight excluding hydrogens is 382 g/mol. The van der Waals surface area contributed by atoms with E-state index in [1.807, 2.05) is 0 Å². The second-order valence-corrected chi connectivity index (χ2v) is 9.81. The Labute approximate surface area is 167 Å². The first-order chi connectivity index (χ1) is 13.4. The number of rotatable bonds is 2. The van der Waals surface area contributed by atoms with Gasteiger partial charge in [-0.3, -0.25) is 9.59 Å². The van der Waals surface area contributed by atoms with Gasteiger partial charge in [0.15, 0.2) is 11.5 Å². The summed E-state index contributed by atoms with van der Waals surface area (Å²) < 4.78 is 32.0. The van der Waals surface area contributed by atoms with Crippen LogP contribution in [0.5, 0.6) is 0 Å². The SMILES string of the molecule is CC1C[C@H]2[C@@H]3CC(F)C4=CC(=O)C=C[C@]4(C)[C@@]3(F)C(O)C[C@]2(C)[C@H]1C(=O)C(=O)O. The first-order valence-corrected chi connectivity index (χ1v) is 10.1. The second-order valence-electron chi connectivity index (χ2n) is 9.81. The van der Waals surface area contributed by atoms with Crippen LogP contribution in [0.25, 0.3) is 0 Å². The molecule has 4 rings (SSSR count). The van der Waals surface area contributed by atoms with E-state index in [9.17, 15) is 24.6 Å². The number of aliphatic carboxylic acids is 1. The summed E-state index contributed by atoms with van der Waals surface area (Å²) in [6.07, 6.45) is 0.785. The van der Waals surface area contributed by atoms with E-state index in [0.29, 0.717) is 6.42 Å². The molecule has 0 aromatic carbocycles. The van der Waals surface area contributed by atoms with Crippen molar-refractivity contribution in [2.24, 2.45) is 34.5 Å². The molecule has 0 bridgehead atoms. The van der Waals surface area contributed by atoms with Crippen molar-refractivity contribution in [3.8, 4) is 0 Å². The Bertz CT molecular complexity index is 865. The summed E-state index contributed by atoms with van der Waals surface area (Å²) in [5.74, 6) is -5.36. The van der Waals surface area contributed by atoms with E-state index >= 15 is 8.78 Å². The van der Waals surface area contributed by atoms with Crippen molar-refractivity contribution in [2.75, 3.05) is 0 Å². The zero-order valence-electron chi connectivity index (χ0n) is 16.7. The molecule has 3 saturated carbocycles. The van der Waals surface area contributed by atoms with E-state index in [1.165, 1.54) is 19.1 Å². The number of carboxylic acid groups (broad SMARTS) is 1. The first kappa shape index (κ1) is 20.4. The van der Waals surface area contributed by atoms with Gasteiger partial charge in [-0.15, -0.1) is 0 Å². The van der Waals surface area contributed by atoms with Crippen LogP contribution in [0.2, 0.25) is 0 Å². The van der Waals surface area contributed by atoms with Gasteiger partial charge in [-0.05, 0) is 61.2 Å². The number of carbonyl (C=O) groups is 3. The number of alkyl halides is 2. The topological polar surface area (TPSA) is 91.7 Å². The smallest absolute Gasteiger partial charge is 0.372 e. The van der Waals surface area contributed by atoms with E-state index in [0.717, 1.165) is 6.08 Å². The van der Waals surface area contributed by atoms with Crippen LogP contribution in [0.4, 0.5) is 8.78 Å². The molecule has 2 N–H and O–H groups in total. The summed E-state index contributed by atoms with van der Waals surface area (Å²) in [5, 5.41) is 20.3. The van der Waals surface area contributed by atoms with E-state index in [4.69, 9.17) is 0 Å². The van der Waals surface area contributed by atoms with Gasteiger partial charge in [-0.25, -0.2) is 13.6 Å². The van der Waals surface area contributed by atoms with Crippen molar-refractivity contribution in [1.82, 2.24) is 0 Å². The molecule has 0 aromatic heterocycles. The number of ketones is 2. The third kappa shape index (κ3) is 2.36. The Balaban J connectivity index is 1.84. The Morgan fingerprint density at radius 3 is 2.48 bits per heavy atom. The largest absolute Gasteiger partial charge is 0.475 e. The Morgan fingerprint density at radius 1 is 1.21 bits per heavy atom. The monoisotopic (exact) mass is 408 g/mol. The fourth-order valence-corrected chi connectivity index (χ4v) is 7.26. The maximum atomic E-state index is 16.8. The minimum atomic E-state index is -2.20. The minimum Gasteiger partial charge on any atom is -0.475 e. The summed E-state index contributed by atoms with van der Waals surface area (Å²) in [6, 6.07) is 0. The summed E-state index contributed by atoms with van der Waals surface area (Å²) in [7, 11) is 0. The van der Waals surface area contributed by atoms with Crippen molar-refractivity contribution in [3.63, 3.8) is 0 Å². The Morgan fingerprint density at radius 2 is 1.86 bits per heavy atom. The molecule has 0 spiro atoms. The Kier molecular flexibility index (Phi) is 4.26. The molecule has 4 aliphatic rings. The number of carbonyl (C=O) groups excluding carboxylic acids is 2. The number of fused-ring (bicyclic) bond motifs is 5. The lowest BCUT2D eigenvalue weighted by atomic mass is 9.45. The number of carboxylic acids is 1. The lowest BCUT2D eigenvalue weighted by Gasteiger charge is -2.62. The van der Waals surface area contributed by atoms with Gasteiger partial charge >= 0.3 is 5.97 Å². The molecule has 9 atom stereocenters. The molecular formula is C22H26F2O5. The van der Waals surface area contributed by atoms with Crippen LogP contribution in [0.3, 0.4) is 0 Å². The first-order valence-electron chi connectivity index (χ1n) is 10.1. The molecule has 5 nitrogen and oxygen atoms in total. The number of hydrogen-bond donors (Lipinski definition) is 2. The number of aliphatic hydroxyl groups excluding tert-OH is 1. The third-order valence-corrected chi connectivity index (χ3v) is 8.46. The van der Waals surface area contributed by atoms with Crippen LogP contribution in [-0.2, 0) is 14.4 Å². The predicted molar refractivity (Wildman–Crippen MR) is 99.3 cm³/mol. The third-order valence-electron chi connectivity index (χ3n) is 8.46. The second kappa shape index (κ2) is 6.06. The highest BCUT2D eigenvalue weighted by molar-refractivity contribution is 6.33.